The third-order valence-electron chi connectivity index (χ3n) is 1.41. The second-order valence-corrected chi connectivity index (χ2v) is 2.97. The van der Waals surface area contributed by atoms with Crippen LogP contribution in [0.3, 0.4) is 0 Å². The van der Waals surface area contributed by atoms with Gasteiger partial charge in [0.1, 0.15) is 6.20 Å². The molecule has 0 radical (unpaired) electrons. The van der Waals surface area contributed by atoms with Crippen LogP contribution in [-0.2, 0) is 0 Å². The van der Waals surface area contributed by atoms with Gasteiger partial charge in [0.15, 0.2) is 5.76 Å². The van der Waals surface area contributed by atoms with Crippen LogP contribution in [0.4, 0.5) is 0 Å². The molecule has 0 amide bonds. The maximum atomic E-state index is 11.4. The highest BCUT2D eigenvalue weighted by Gasteiger charge is 2.13. The molecule has 6 heteroatoms. The van der Waals surface area contributed by atoms with Gasteiger partial charge >= 0.3 is 5.91 Å². The van der Waals surface area contributed by atoms with E-state index in [9.17, 15) is 9.59 Å². The first-order valence-electron chi connectivity index (χ1n) is 3.41. The van der Waals surface area contributed by atoms with Gasteiger partial charge in [0.2, 0.25) is 0 Å². The molecule has 0 fully saturated rings. The molecular weight excluding hydrogens is 192 g/mol. The minimum absolute atomic E-state index is 0.131. The molecule has 2 rings (SSSR count). The first-order valence-corrected chi connectivity index (χ1v) is 4.14. The number of aromatic nitrogens is 2. The number of carbonyl (C=O) groups is 1. The number of hydrogen-bond acceptors (Lipinski definition) is 5. The van der Waals surface area contributed by atoms with Gasteiger partial charge in [-0.3, -0.25) is 9.59 Å². The summed E-state index contributed by atoms with van der Waals surface area (Å²) in [6.07, 6.45) is 2.46. The number of furan rings is 1. The molecule has 66 valence electrons. The highest BCUT2D eigenvalue weighted by molar-refractivity contribution is 7.01. The molecule has 2 aromatic heterocycles. The molecule has 0 unspecified atom stereocenters. The molecule has 0 saturated carbocycles. The van der Waals surface area contributed by atoms with Crippen LogP contribution in [0, 0.1) is 0 Å². The lowest BCUT2D eigenvalue weighted by atomic mass is 10.4. The minimum Gasteiger partial charge on any atom is -0.459 e. The summed E-state index contributed by atoms with van der Waals surface area (Å²) in [6, 6.07) is 3.08. The molecule has 0 aliphatic heterocycles. The van der Waals surface area contributed by atoms with E-state index >= 15 is 0 Å². The van der Waals surface area contributed by atoms with Crippen LogP contribution in [-0.4, -0.2) is 14.2 Å². The summed E-state index contributed by atoms with van der Waals surface area (Å²) in [5.74, 6) is -0.358. The first-order chi connectivity index (χ1) is 6.29. The third kappa shape index (κ3) is 1.31. The van der Waals surface area contributed by atoms with Gasteiger partial charge in [-0.15, -0.1) is 0 Å². The zero-order valence-electron chi connectivity index (χ0n) is 6.34. The molecule has 2 aromatic rings. The van der Waals surface area contributed by atoms with Gasteiger partial charge in [0.05, 0.1) is 18.0 Å². The lowest BCUT2D eigenvalue weighted by Crippen LogP contribution is -2.20. The van der Waals surface area contributed by atoms with Gasteiger partial charge in [-0.2, -0.15) is 8.33 Å². The van der Waals surface area contributed by atoms with E-state index in [2.05, 4.69) is 4.37 Å². The summed E-state index contributed by atoms with van der Waals surface area (Å²) < 4.78 is 9.36. The summed E-state index contributed by atoms with van der Waals surface area (Å²) in [7, 11) is 0. The molecule has 0 saturated heterocycles. The predicted molar refractivity (Wildman–Crippen MR) is 44.8 cm³/mol. The molecule has 0 N–H and O–H groups in total. The van der Waals surface area contributed by atoms with Crippen molar-refractivity contribution in [2.45, 2.75) is 0 Å². The Labute approximate surface area is 76.5 Å². The molecular formula is C7H4N2O3S. The molecule has 0 aliphatic rings. The van der Waals surface area contributed by atoms with Crippen LogP contribution in [0.25, 0.3) is 0 Å². The Morgan fingerprint density at radius 3 is 3.00 bits per heavy atom. The van der Waals surface area contributed by atoms with Crippen molar-refractivity contribution in [1.29, 1.82) is 0 Å². The van der Waals surface area contributed by atoms with E-state index in [4.69, 9.17) is 4.42 Å². The van der Waals surface area contributed by atoms with Crippen molar-refractivity contribution in [2.75, 3.05) is 0 Å². The Kier molecular flexibility index (Phi) is 1.82. The summed E-state index contributed by atoms with van der Waals surface area (Å²) in [4.78, 5) is 22.4. The second-order valence-electron chi connectivity index (χ2n) is 2.23. The Morgan fingerprint density at radius 2 is 2.46 bits per heavy atom. The summed E-state index contributed by atoms with van der Waals surface area (Å²) >= 11 is 0.801. The van der Waals surface area contributed by atoms with Crippen LogP contribution in [0.2, 0.25) is 0 Å². The van der Waals surface area contributed by atoms with E-state index in [1.807, 2.05) is 0 Å². The Balaban J connectivity index is 2.45. The highest BCUT2D eigenvalue weighted by atomic mass is 32.1. The van der Waals surface area contributed by atoms with Crippen LogP contribution in [0.15, 0.2) is 33.8 Å². The van der Waals surface area contributed by atoms with Crippen LogP contribution in [0.5, 0.6) is 0 Å². The van der Waals surface area contributed by atoms with Crippen molar-refractivity contribution in [3.8, 4) is 0 Å². The number of nitrogens with zero attached hydrogens (tertiary/aromatic N) is 2. The fraction of sp³-hybridized carbons (Fsp3) is 0. The Hall–Kier alpha value is -1.69. The van der Waals surface area contributed by atoms with Crippen molar-refractivity contribution in [3.05, 3.63) is 40.7 Å². The molecule has 5 nitrogen and oxygen atoms in total. The van der Waals surface area contributed by atoms with Crippen LogP contribution < -0.4 is 5.56 Å². The average molecular weight is 196 g/mol. The van der Waals surface area contributed by atoms with Gasteiger partial charge in [-0.1, -0.05) is 0 Å². The van der Waals surface area contributed by atoms with E-state index in [0.29, 0.717) is 0 Å². The zero-order valence-corrected chi connectivity index (χ0v) is 7.15. The first kappa shape index (κ1) is 7.93. The molecule has 0 atom stereocenters. The second kappa shape index (κ2) is 2.98. The quantitative estimate of drug-likeness (QED) is 0.669. The monoisotopic (exact) mass is 196 g/mol. The van der Waals surface area contributed by atoms with Crippen molar-refractivity contribution in [3.63, 3.8) is 0 Å². The molecule has 0 bridgehead atoms. The fourth-order valence-corrected chi connectivity index (χ4v) is 1.37. The van der Waals surface area contributed by atoms with Crippen LogP contribution >= 0.6 is 11.7 Å². The zero-order chi connectivity index (χ0) is 9.26. The highest BCUT2D eigenvalue weighted by Crippen LogP contribution is 2.02. The Bertz CT molecular complexity index is 468. The standard InChI is InChI=1S/C7H4N2O3S/c10-6-4-8-13-9(6)7(11)5-2-1-3-12-5/h1-4H. The van der Waals surface area contributed by atoms with Gasteiger partial charge < -0.3 is 4.42 Å². The van der Waals surface area contributed by atoms with Gasteiger partial charge in [-0.25, -0.2) is 0 Å². The van der Waals surface area contributed by atoms with E-state index in [1.165, 1.54) is 12.3 Å². The van der Waals surface area contributed by atoms with E-state index in [1.54, 1.807) is 6.07 Å². The topological polar surface area (TPSA) is 65.1 Å². The number of hydrogen-bond donors (Lipinski definition) is 0. The minimum atomic E-state index is -0.488. The smallest absolute Gasteiger partial charge is 0.311 e. The number of carbonyl (C=O) groups excluding carboxylic acids is 1. The normalized spacial score (nSPS) is 10.2. The molecule has 2 heterocycles. The van der Waals surface area contributed by atoms with Crippen molar-refractivity contribution in [1.82, 2.24) is 8.33 Å². The largest absolute Gasteiger partial charge is 0.459 e. The van der Waals surface area contributed by atoms with Crippen molar-refractivity contribution >= 4 is 17.6 Å². The summed E-state index contributed by atoms with van der Waals surface area (Å²) in [5.41, 5.74) is -0.439. The molecule has 0 spiro atoms. The SMILES string of the molecule is O=C(c1ccco1)n1sncc1=O. The van der Waals surface area contributed by atoms with Crippen LogP contribution in [0.1, 0.15) is 10.6 Å². The molecule has 0 aliphatic carbocycles. The fourth-order valence-electron chi connectivity index (χ4n) is 0.846. The Morgan fingerprint density at radius 1 is 1.62 bits per heavy atom. The lowest BCUT2D eigenvalue weighted by Gasteiger charge is -1.91. The van der Waals surface area contributed by atoms with Gasteiger partial charge in [0.25, 0.3) is 5.56 Å². The number of rotatable bonds is 1. The molecule has 13 heavy (non-hydrogen) atoms. The average Bonchev–Trinajstić information content (AvgIpc) is 2.72. The maximum absolute atomic E-state index is 11.4. The third-order valence-corrected chi connectivity index (χ3v) is 2.12. The van der Waals surface area contributed by atoms with Crippen molar-refractivity contribution in [2.24, 2.45) is 0 Å². The maximum Gasteiger partial charge on any atom is 0.311 e. The van der Waals surface area contributed by atoms with Crippen molar-refractivity contribution < 1.29 is 9.21 Å². The lowest BCUT2D eigenvalue weighted by molar-refractivity contribution is 0.0941. The van der Waals surface area contributed by atoms with E-state index < -0.39 is 11.5 Å². The summed E-state index contributed by atoms with van der Waals surface area (Å²) in [5, 5.41) is 0. The van der Waals surface area contributed by atoms with Gasteiger partial charge in [0, 0.05) is 0 Å². The predicted octanol–water partition coefficient (Wildman–Crippen LogP) is 0.586. The van der Waals surface area contributed by atoms with E-state index in [0.717, 1.165) is 21.9 Å². The molecule has 0 aromatic carbocycles. The van der Waals surface area contributed by atoms with E-state index in [-0.39, 0.29) is 5.76 Å². The summed E-state index contributed by atoms with van der Waals surface area (Å²) in [6.45, 7) is 0. The van der Waals surface area contributed by atoms with Gasteiger partial charge in [-0.05, 0) is 12.1 Å².